The molecule has 5 aliphatic rings. The molecule has 9 atom stereocenters. The van der Waals surface area contributed by atoms with Crippen LogP contribution >= 0.6 is 0 Å². The standard InChI is InChI=1S/C11H17N3O8/c12-8-13-6(17)2-4-9(19,1-15)5-3(16)10(2,14-8)7(18)11(20,21-4)22-5/h2-7,15-20H,1H2,(H3,12,13,14)/t2-,3+,4-,5+,6-,7+,9-,10-,11+/m1/s1. The predicted molar refractivity (Wildman–Crippen MR) is 65.7 cm³/mol. The SMILES string of the molecule is NC1=N[C@H](O)[C@H]2[C@H]3O[C@]4(O)O[C@@H]([C@H](O)[C@@]2(N1)[C@@H]4O)[C@@]3(O)CO. The van der Waals surface area contributed by atoms with E-state index in [0.29, 0.717) is 0 Å². The first kappa shape index (κ1) is 14.5. The quantitative estimate of drug-likeness (QED) is 0.231. The Morgan fingerprint density at radius 2 is 1.82 bits per heavy atom. The molecule has 1 saturated carbocycles. The number of guanidine groups is 1. The normalized spacial score (nSPS) is 62.4. The van der Waals surface area contributed by atoms with E-state index < -0.39 is 60.3 Å². The number of aliphatic hydroxyl groups is 6. The van der Waals surface area contributed by atoms with Gasteiger partial charge in [-0.3, -0.25) is 0 Å². The fourth-order valence-corrected chi connectivity index (χ4v) is 4.24. The van der Waals surface area contributed by atoms with Crippen LogP contribution < -0.4 is 11.1 Å². The third-order valence-corrected chi connectivity index (χ3v) is 5.22. The van der Waals surface area contributed by atoms with Gasteiger partial charge in [-0.25, -0.2) is 4.99 Å². The molecule has 1 spiro atoms. The number of rotatable bonds is 1. The zero-order valence-corrected chi connectivity index (χ0v) is 11.2. The van der Waals surface area contributed by atoms with Gasteiger partial charge in [0.25, 0.3) is 0 Å². The van der Waals surface area contributed by atoms with Crippen LogP contribution in [-0.2, 0) is 9.47 Å². The first-order valence-corrected chi connectivity index (χ1v) is 6.77. The summed E-state index contributed by atoms with van der Waals surface area (Å²) in [5.74, 6) is -3.95. The lowest BCUT2D eigenvalue weighted by Crippen LogP contribution is -2.95. The van der Waals surface area contributed by atoms with Crippen molar-refractivity contribution in [2.75, 3.05) is 6.61 Å². The minimum Gasteiger partial charge on any atom is -0.393 e. The number of aliphatic hydroxyl groups excluding tert-OH is 4. The Labute approximate surface area is 123 Å². The molecule has 9 N–H and O–H groups in total. The first-order valence-electron chi connectivity index (χ1n) is 6.77. The van der Waals surface area contributed by atoms with Crippen molar-refractivity contribution in [3.05, 3.63) is 0 Å². The number of nitrogens with two attached hydrogens (primary N) is 1. The molecular formula is C11H17N3O8. The highest BCUT2D eigenvalue weighted by Crippen LogP contribution is 2.58. The van der Waals surface area contributed by atoms with E-state index in [-0.39, 0.29) is 5.96 Å². The fraction of sp³-hybridized carbons (Fsp3) is 0.909. The molecular weight excluding hydrogens is 302 g/mol. The molecule has 0 radical (unpaired) electrons. The maximum absolute atomic E-state index is 10.6. The Morgan fingerprint density at radius 3 is 2.45 bits per heavy atom. The molecule has 5 rings (SSSR count). The molecule has 11 nitrogen and oxygen atoms in total. The van der Waals surface area contributed by atoms with Crippen LogP contribution in [0.1, 0.15) is 0 Å². The second kappa shape index (κ2) is 3.88. The zero-order valence-electron chi connectivity index (χ0n) is 11.2. The summed E-state index contributed by atoms with van der Waals surface area (Å²) in [6, 6.07) is 0. The maximum atomic E-state index is 10.6. The molecule has 4 fully saturated rings. The molecule has 4 bridgehead atoms. The van der Waals surface area contributed by atoms with E-state index in [4.69, 9.17) is 15.2 Å². The largest absolute Gasteiger partial charge is 0.393 e. The first-order chi connectivity index (χ1) is 10.2. The lowest BCUT2D eigenvalue weighted by molar-refractivity contribution is -0.548. The second-order valence-corrected chi connectivity index (χ2v) is 6.22. The number of nitrogens with one attached hydrogen (secondary N) is 1. The Hall–Kier alpha value is -1.05. The third-order valence-electron chi connectivity index (χ3n) is 5.22. The molecule has 4 aliphatic heterocycles. The number of hydrogen-bond donors (Lipinski definition) is 8. The summed E-state index contributed by atoms with van der Waals surface area (Å²) < 4.78 is 10.3. The van der Waals surface area contributed by atoms with Crippen LogP contribution in [0.4, 0.5) is 0 Å². The van der Waals surface area contributed by atoms with E-state index in [1.807, 2.05) is 0 Å². The molecule has 0 aromatic heterocycles. The van der Waals surface area contributed by atoms with Gasteiger partial charge in [0.05, 0.1) is 12.5 Å². The van der Waals surface area contributed by atoms with Crippen molar-refractivity contribution in [3.63, 3.8) is 0 Å². The van der Waals surface area contributed by atoms with Gasteiger partial charge in [-0.15, -0.1) is 0 Å². The lowest BCUT2D eigenvalue weighted by atomic mass is 9.55. The van der Waals surface area contributed by atoms with E-state index >= 15 is 0 Å². The Morgan fingerprint density at radius 1 is 1.18 bits per heavy atom. The summed E-state index contributed by atoms with van der Waals surface area (Å²) in [7, 11) is 0. The number of hydrogen-bond acceptors (Lipinski definition) is 11. The smallest absolute Gasteiger partial charge is 0.311 e. The Bertz CT molecular complexity index is 561. The summed E-state index contributed by atoms with van der Waals surface area (Å²) in [5, 5.41) is 64.3. The van der Waals surface area contributed by atoms with Gasteiger partial charge in [-0.05, 0) is 0 Å². The molecule has 0 aromatic carbocycles. The maximum Gasteiger partial charge on any atom is 0.311 e. The van der Waals surface area contributed by atoms with Gasteiger partial charge in [-0.1, -0.05) is 0 Å². The average Bonchev–Trinajstić information content (AvgIpc) is 2.45. The zero-order chi connectivity index (χ0) is 16.1. The van der Waals surface area contributed by atoms with Crippen molar-refractivity contribution >= 4 is 5.96 Å². The van der Waals surface area contributed by atoms with Crippen LogP contribution in [0.3, 0.4) is 0 Å². The summed E-state index contributed by atoms with van der Waals surface area (Å²) in [4.78, 5) is 3.70. The molecule has 4 heterocycles. The van der Waals surface area contributed by atoms with Gasteiger partial charge in [0, 0.05) is 0 Å². The fourth-order valence-electron chi connectivity index (χ4n) is 4.24. The van der Waals surface area contributed by atoms with E-state index in [1.54, 1.807) is 0 Å². The highest BCUT2D eigenvalue weighted by Gasteiger charge is 2.82. The average molecular weight is 319 g/mol. The predicted octanol–water partition coefficient (Wildman–Crippen LogP) is -5.52. The van der Waals surface area contributed by atoms with Crippen LogP contribution in [0, 0.1) is 5.92 Å². The third kappa shape index (κ3) is 1.28. The monoisotopic (exact) mass is 319 g/mol. The summed E-state index contributed by atoms with van der Waals surface area (Å²) in [6.07, 6.45) is -7.77. The van der Waals surface area contributed by atoms with E-state index in [9.17, 15) is 30.6 Å². The molecule has 0 amide bonds. The van der Waals surface area contributed by atoms with Crippen LogP contribution in [0.25, 0.3) is 0 Å². The van der Waals surface area contributed by atoms with Gasteiger partial charge >= 0.3 is 5.97 Å². The van der Waals surface area contributed by atoms with E-state index in [1.165, 1.54) is 0 Å². The lowest BCUT2D eigenvalue weighted by Gasteiger charge is -2.71. The minimum atomic E-state index is -2.52. The van der Waals surface area contributed by atoms with E-state index in [0.717, 1.165) is 0 Å². The van der Waals surface area contributed by atoms with Crippen molar-refractivity contribution in [2.45, 2.75) is 47.8 Å². The Kier molecular flexibility index (Phi) is 2.57. The van der Waals surface area contributed by atoms with Crippen LogP contribution in [0.15, 0.2) is 4.99 Å². The van der Waals surface area contributed by atoms with Crippen molar-refractivity contribution in [2.24, 2.45) is 16.6 Å². The Balaban J connectivity index is 1.95. The van der Waals surface area contributed by atoms with Crippen molar-refractivity contribution in [3.8, 4) is 0 Å². The summed E-state index contributed by atoms with van der Waals surface area (Å²) in [5.41, 5.74) is 1.74. The van der Waals surface area contributed by atoms with Crippen LogP contribution in [0.5, 0.6) is 0 Å². The molecule has 3 saturated heterocycles. The number of ether oxygens (including phenoxy) is 2. The van der Waals surface area contributed by atoms with Gasteiger partial charge in [-0.2, -0.15) is 0 Å². The highest BCUT2D eigenvalue weighted by atomic mass is 16.9. The molecule has 1 aliphatic carbocycles. The van der Waals surface area contributed by atoms with Gasteiger partial charge in [0.2, 0.25) is 0 Å². The van der Waals surface area contributed by atoms with Crippen molar-refractivity contribution in [1.82, 2.24) is 5.32 Å². The van der Waals surface area contributed by atoms with Gasteiger partial charge in [0.15, 0.2) is 18.3 Å². The number of nitrogens with zero attached hydrogens (tertiary/aromatic N) is 1. The highest BCUT2D eigenvalue weighted by molar-refractivity contribution is 5.80. The van der Waals surface area contributed by atoms with Crippen LogP contribution in [0.2, 0.25) is 0 Å². The topological polar surface area (TPSA) is 190 Å². The molecule has 11 heteroatoms. The van der Waals surface area contributed by atoms with Crippen LogP contribution in [-0.4, -0.2) is 91.0 Å². The number of aliphatic imine (C=N–C) groups is 1. The molecule has 0 unspecified atom stereocenters. The second-order valence-electron chi connectivity index (χ2n) is 6.22. The minimum absolute atomic E-state index is 0.250. The summed E-state index contributed by atoms with van der Waals surface area (Å²) in [6.45, 7) is -0.857. The molecule has 22 heavy (non-hydrogen) atoms. The summed E-state index contributed by atoms with van der Waals surface area (Å²) >= 11 is 0. The molecule has 124 valence electrons. The van der Waals surface area contributed by atoms with Gasteiger partial charge < -0.3 is 51.2 Å². The van der Waals surface area contributed by atoms with Gasteiger partial charge in [0.1, 0.15) is 29.5 Å². The van der Waals surface area contributed by atoms with E-state index in [2.05, 4.69) is 10.3 Å². The van der Waals surface area contributed by atoms with Crippen molar-refractivity contribution in [1.29, 1.82) is 0 Å². The van der Waals surface area contributed by atoms with Crippen molar-refractivity contribution < 1.29 is 40.1 Å². The molecule has 0 aromatic rings.